The SMILES string of the molecule is CCC(C)(C)Oc1cc(OCc2cc(=O)[nH]c(C3CC3)n2)cc(C(=O)N=C(N)/C=C\NC)c1. The Bertz CT molecular complexity index is 1120. The van der Waals surface area contributed by atoms with Crippen LogP contribution in [0.15, 0.2) is 46.3 Å². The molecule has 0 aliphatic heterocycles. The van der Waals surface area contributed by atoms with E-state index in [2.05, 4.69) is 20.3 Å². The number of nitrogens with two attached hydrogens (primary N) is 1. The van der Waals surface area contributed by atoms with Gasteiger partial charge in [-0.15, -0.1) is 0 Å². The normalized spacial score (nSPS) is 14.4. The number of hydrogen-bond acceptors (Lipinski definition) is 6. The number of hydrogen-bond donors (Lipinski definition) is 3. The number of benzene rings is 1. The number of nitrogens with zero attached hydrogens (tertiary/aromatic N) is 2. The first-order valence-corrected chi connectivity index (χ1v) is 11.0. The fourth-order valence-electron chi connectivity index (χ4n) is 2.93. The summed E-state index contributed by atoms with van der Waals surface area (Å²) in [5.41, 5.74) is 5.94. The predicted octanol–water partition coefficient (Wildman–Crippen LogP) is 3.02. The number of nitrogens with one attached hydrogen (secondary N) is 2. The summed E-state index contributed by atoms with van der Waals surface area (Å²) in [4.78, 5) is 35.9. The predicted molar refractivity (Wildman–Crippen MR) is 127 cm³/mol. The van der Waals surface area contributed by atoms with Crippen LogP contribution in [0.4, 0.5) is 0 Å². The minimum absolute atomic E-state index is 0.0670. The van der Waals surface area contributed by atoms with Crippen molar-refractivity contribution >= 4 is 11.7 Å². The third-order valence-electron chi connectivity index (χ3n) is 5.19. The number of H-pyrrole nitrogens is 1. The van der Waals surface area contributed by atoms with E-state index >= 15 is 0 Å². The van der Waals surface area contributed by atoms with Gasteiger partial charge in [-0.3, -0.25) is 9.59 Å². The minimum atomic E-state index is -0.525. The summed E-state index contributed by atoms with van der Waals surface area (Å²) in [7, 11) is 1.72. The van der Waals surface area contributed by atoms with Crippen molar-refractivity contribution in [3.05, 3.63) is 64.0 Å². The number of rotatable bonds is 10. The Morgan fingerprint density at radius 2 is 2.03 bits per heavy atom. The maximum atomic E-state index is 12.7. The molecule has 9 heteroatoms. The van der Waals surface area contributed by atoms with Gasteiger partial charge in [-0.2, -0.15) is 4.99 Å². The van der Waals surface area contributed by atoms with Crippen LogP contribution in [0, 0.1) is 0 Å². The zero-order valence-corrected chi connectivity index (χ0v) is 19.5. The second-order valence-corrected chi connectivity index (χ2v) is 8.56. The minimum Gasteiger partial charge on any atom is -0.488 e. The molecular weight excluding hydrogens is 422 g/mol. The van der Waals surface area contributed by atoms with Gasteiger partial charge in [-0.1, -0.05) is 6.92 Å². The van der Waals surface area contributed by atoms with E-state index in [1.165, 1.54) is 12.1 Å². The summed E-state index contributed by atoms with van der Waals surface area (Å²) in [6.07, 6.45) is 5.89. The fourth-order valence-corrected chi connectivity index (χ4v) is 2.93. The van der Waals surface area contributed by atoms with Crippen LogP contribution in [-0.2, 0) is 6.61 Å². The summed E-state index contributed by atoms with van der Waals surface area (Å²) in [6, 6.07) is 6.30. The number of aliphatic imine (C=N–C) groups is 1. The van der Waals surface area contributed by atoms with Crippen molar-refractivity contribution in [1.29, 1.82) is 0 Å². The maximum absolute atomic E-state index is 12.7. The zero-order chi connectivity index (χ0) is 24.0. The van der Waals surface area contributed by atoms with E-state index in [1.54, 1.807) is 31.4 Å². The Morgan fingerprint density at radius 1 is 1.30 bits per heavy atom. The molecule has 176 valence electrons. The molecule has 3 rings (SSSR count). The van der Waals surface area contributed by atoms with Crippen LogP contribution in [0.2, 0.25) is 0 Å². The van der Waals surface area contributed by atoms with E-state index < -0.39 is 11.5 Å². The average molecular weight is 454 g/mol. The number of carbonyl (C=O) groups is 1. The molecule has 1 aliphatic rings. The first-order chi connectivity index (χ1) is 15.7. The lowest BCUT2D eigenvalue weighted by molar-refractivity contribution is 0.0984. The summed E-state index contributed by atoms with van der Waals surface area (Å²) >= 11 is 0. The molecule has 9 nitrogen and oxygen atoms in total. The number of amides is 1. The third kappa shape index (κ3) is 7.20. The fraction of sp³-hybridized carbons (Fsp3) is 0.417. The molecular formula is C24H31N5O4. The number of carbonyl (C=O) groups excluding carboxylic acids is 1. The standard InChI is InChI=1S/C24H31N5O4/c1-5-24(2,3)33-19-11-16(23(31)28-20(25)8-9-26-4)10-18(13-19)32-14-17-12-21(30)29-22(27-17)15-6-7-15/h8-13,15,26H,5-7,14H2,1-4H3,(H2,25,28,31)(H,27,29,30)/b9-8-. The van der Waals surface area contributed by atoms with Gasteiger partial charge in [0, 0.05) is 30.7 Å². The van der Waals surface area contributed by atoms with Crippen LogP contribution in [-0.4, -0.2) is 34.4 Å². The van der Waals surface area contributed by atoms with Gasteiger partial charge in [-0.05, 0) is 57.5 Å². The summed E-state index contributed by atoms with van der Waals surface area (Å²) in [6.45, 7) is 6.01. The van der Waals surface area contributed by atoms with Crippen LogP contribution in [0.5, 0.6) is 11.5 Å². The van der Waals surface area contributed by atoms with E-state index in [0.29, 0.717) is 28.9 Å². The molecule has 0 bridgehead atoms. The van der Waals surface area contributed by atoms with Gasteiger partial charge in [0.15, 0.2) is 0 Å². The molecule has 0 unspecified atom stereocenters. The maximum Gasteiger partial charge on any atom is 0.279 e. The Hall–Kier alpha value is -3.62. The monoisotopic (exact) mass is 453 g/mol. The van der Waals surface area contributed by atoms with Crippen molar-refractivity contribution in [2.24, 2.45) is 10.7 Å². The smallest absolute Gasteiger partial charge is 0.279 e. The molecule has 1 aromatic carbocycles. The van der Waals surface area contributed by atoms with E-state index in [-0.39, 0.29) is 23.6 Å². The van der Waals surface area contributed by atoms with Gasteiger partial charge in [0.05, 0.1) is 5.69 Å². The Kier molecular flexibility index (Phi) is 7.52. The molecule has 0 saturated heterocycles. The molecule has 1 aromatic heterocycles. The second kappa shape index (κ2) is 10.3. The molecule has 0 radical (unpaired) electrons. The van der Waals surface area contributed by atoms with Gasteiger partial charge in [0.25, 0.3) is 11.5 Å². The van der Waals surface area contributed by atoms with Crippen molar-refractivity contribution in [2.45, 2.75) is 58.2 Å². The Morgan fingerprint density at radius 3 is 2.70 bits per heavy atom. The van der Waals surface area contributed by atoms with Crippen molar-refractivity contribution < 1.29 is 14.3 Å². The highest BCUT2D eigenvalue weighted by atomic mass is 16.5. The van der Waals surface area contributed by atoms with Gasteiger partial charge in [0.2, 0.25) is 0 Å². The van der Waals surface area contributed by atoms with Gasteiger partial charge in [-0.25, -0.2) is 4.98 Å². The number of aromatic amines is 1. The van der Waals surface area contributed by atoms with E-state index in [9.17, 15) is 9.59 Å². The van der Waals surface area contributed by atoms with Crippen molar-refractivity contribution in [3.63, 3.8) is 0 Å². The van der Waals surface area contributed by atoms with Crippen LogP contribution in [0.25, 0.3) is 0 Å². The quantitative estimate of drug-likeness (QED) is 0.372. The van der Waals surface area contributed by atoms with E-state index in [0.717, 1.165) is 19.3 Å². The molecule has 4 N–H and O–H groups in total. The molecule has 1 heterocycles. The Balaban J connectivity index is 1.86. The lowest BCUT2D eigenvalue weighted by Crippen LogP contribution is -2.26. The molecule has 0 atom stereocenters. The first kappa shape index (κ1) is 24.0. The molecule has 2 aromatic rings. The van der Waals surface area contributed by atoms with E-state index in [4.69, 9.17) is 15.2 Å². The van der Waals surface area contributed by atoms with Gasteiger partial charge in [0.1, 0.15) is 35.4 Å². The number of ether oxygens (including phenoxy) is 2. The number of aromatic nitrogens is 2. The van der Waals surface area contributed by atoms with Crippen LogP contribution >= 0.6 is 0 Å². The van der Waals surface area contributed by atoms with E-state index in [1.807, 2.05) is 20.8 Å². The van der Waals surface area contributed by atoms with Crippen molar-refractivity contribution in [3.8, 4) is 11.5 Å². The lowest BCUT2D eigenvalue weighted by Gasteiger charge is -2.25. The van der Waals surface area contributed by atoms with Gasteiger partial charge < -0.3 is 25.5 Å². The molecule has 33 heavy (non-hydrogen) atoms. The second-order valence-electron chi connectivity index (χ2n) is 8.56. The largest absolute Gasteiger partial charge is 0.488 e. The highest BCUT2D eigenvalue weighted by Gasteiger charge is 2.26. The number of amidine groups is 1. The Labute approximate surface area is 193 Å². The van der Waals surface area contributed by atoms with Crippen LogP contribution in [0.1, 0.15) is 67.8 Å². The molecule has 1 aliphatic carbocycles. The molecule has 1 saturated carbocycles. The third-order valence-corrected chi connectivity index (χ3v) is 5.19. The molecule has 1 fully saturated rings. The van der Waals surface area contributed by atoms with Crippen molar-refractivity contribution in [1.82, 2.24) is 15.3 Å². The zero-order valence-electron chi connectivity index (χ0n) is 19.5. The topological polar surface area (TPSA) is 132 Å². The average Bonchev–Trinajstić information content (AvgIpc) is 3.61. The van der Waals surface area contributed by atoms with Crippen LogP contribution in [0.3, 0.4) is 0 Å². The summed E-state index contributed by atoms with van der Waals surface area (Å²) in [5, 5.41) is 2.79. The first-order valence-electron chi connectivity index (χ1n) is 11.0. The highest BCUT2D eigenvalue weighted by Crippen LogP contribution is 2.37. The molecule has 1 amide bonds. The summed E-state index contributed by atoms with van der Waals surface area (Å²) < 4.78 is 12.0. The lowest BCUT2D eigenvalue weighted by atomic mass is 10.1. The van der Waals surface area contributed by atoms with Crippen LogP contribution < -0.4 is 26.1 Å². The van der Waals surface area contributed by atoms with Crippen molar-refractivity contribution in [2.75, 3.05) is 7.05 Å². The van der Waals surface area contributed by atoms with Gasteiger partial charge >= 0.3 is 0 Å². The highest BCUT2D eigenvalue weighted by molar-refractivity contribution is 6.06. The molecule has 0 spiro atoms. The summed E-state index contributed by atoms with van der Waals surface area (Å²) in [5.74, 6) is 1.42.